The first-order valence-electron chi connectivity index (χ1n) is 5.84. The number of rotatable bonds is 2. The van der Waals surface area contributed by atoms with Crippen molar-refractivity contribution in [2.75, 3.05) is 6.54 Å². The van der Waals surface area contributed by atoms with Crippen LogP contribution < -0.4 is 5.32 Å². The normalized spacial score (nSPS) is 22.9. The summed E-state index contributed by atoms with van der Waals surface area (Å²) in [7, 11) is 0. The van der Waals surface area contributed by atoms with E-state index in [1.807, 2.05) is 12.1 Å². The lowest BCUT2D eigenvalue weighted by Crippen LogP contribution is -2.15. The number of benzene rings is 1. The van der Waals surface area contributed by atoms with Gasteiger partial charge in [-0.15, -0.1) is 0 Å². The van der Waals surface area contributed by atoms with Crippen molar-refractivity contribution in [1.29, 1.82) is 0 Å². The van der Waals surface area contributed by atoms with E-state index in [1.54, 1.807) is 6.07 Å². The Bertz CT molecular complexity index is 604. The highest BCUT2D eigenvalue weighted by Crippen LogP contribution is 2.29. The standard InChI is InChI=1S/C12H11BrClN3O2/c13-8-3-6(1-2-9(8)14)11-16-12(19-17-11)10-4-7(18)5-15-10/h1-3,7,10,15,18H,4-5H2. The second-order valence-corrected chi connectivity index (χ2v) is 5.70. The Morgan fingerprint density at radius 1 is 1.47 bits per heavy atom. The summed E-state index contributed by atoms with van der Waals surface area (Å²) in [5.74, 6) is 1.01. The third-order valence-corrected chi connectivity index (χ3v) is 4.24. The summed E-state index contributed by atoms with van der Waals surface area (Å²) in [4.78, 5) is 4.35. The summed E-state index contributed by atoms with van der Waals surface area (Å²) in [6, 6.07) is 5.37. The van der Waals surface area contributed by atoms with Gasteiger partial charge in [0.25, 0.3) is 0 Å². The maximum Gasteiger partial charge on any atom is 0.244 e. The van der Waals surface area contributed by atoms with E-state index in [2.05, 4.69) is 31.4 Å². The number of aromatic nitrogens is 2. The van der Waals surface area contributed by atoms with Gasteiger partial charge in [-0.2, -0.15) is 4.98 Å². The van der Waals surface area contributed by atoms with Crippen molar-refractivity contribution >= 4 is 27.5 Å². The summed E-state index contributed by atoms with van der Waals surface area (Å²) in [6.45, 7) is 0.550. The van der Waals surface area contributed by atoms with Gasteiger partial charge in [0.1, 0.15) is 0 Å². The van der Waals surface area contributed by atoms with E-state index < -0.39 is 0 Å². The SMILES string of the molecule is OC1CNC(c2nc(-c3ccc(Cl)c(Br)c3)no2)C1. The van der Waals surface area contributed by atoms with Gasteiger partial charge in [-0.3, -0.25) is 0 Å². The molecule has 1 saturated heterocycles. The number of halogens is 2. The Hall–Kier alpha value is -0.950. The molecule has 100 valence electrons. The van der Waals surface area contributed by atoms with Gasteiger partial charge in [-0.05, 0) is 40.5 Å². The minimum absolute atomic E-state index is 0.0769. The lowest BCUT2D eigenvalue weighted by atomic mass is 10.2. The van der Waals surface area contributed by atoms with Crippen LogP contribution in [0.2, 0.25) is 5.02 Å². The summed E-state index contributed by atoms with van der Waals surface area (Å²) in [6.07, 6.45) is 0.233. The minimum Gasteiger partial charge on any atom is -0.392 e. The van der Waals surface area contributed by atoms with E-state index in [1.165, 1.54) is 0 Å². The monoisotopic (exact) mass is 343 g/mol. The first kappa shape index (κ1) is 13.1. The maximum atomic E-state index is 9.48. The van der Waals surface area contributed by atoms with E-state index in [9.17, 15) is 5.11 Å². The van der Waals surface area contributed by atoms with Crippen molar-refractivity contribution in [3.05, 3.63) is 33.6 Å². The second kappa shape index (κ2) is 5.20. The summed E-state index contributed by atoms with van der Waals surface area (Å²) in [5, 5.41) is 17.2. The van der Waals surface area contributed by atoms with Crippen LogP contribution in [0.25, 0.3) is 11.4 Å². The van der Waals surface area contributed by atoms with Crippen LogP contribution in [0.5, 0.6) is 0 Å². The van der Waals surface area contributed by atoms with Gasteiger partial charge >= 0.3 is 0 Å². The highest BCUT2D eigenvalue weighted by atomic mass is 79.9. The van der Waals surface area contributed by atoms with Crippen molar-refractivity contribution < 1.29 is 9.63 Å². The molecule has 5 nitrogen and oxygen atoms in total. The maximum absolute atomic E-state index is 9.48. The summed E-state index contributed by atoms with van der Waals surface area (Å²) in [5.41, 5.74) is 0.824. The van der Waals surface area contributed by atoms with Gasteiger partial charge in [0.15, 0.2) is 0 Å². The fourth-order valence-corrected chi connectivity index (χ4v) is 2.53. The molecular formula is C12H11BrClN3O2. The van der Waals surface area contributed by atoms with Crippen LogP contribution in [0, 0.1) is 0 Å². The largest absolute Gasteiger partial charge is 0.392 e. The number of hydrogen-bond donors (Lipinski definition) is 2. The number of nitrogens with one attached hydrogen (secondary N) is 1. The molecular weight excluding hydrogens is 334 g/mol. The quantitative estimate of drug-likeness (QED) is 0.876. The van der Waals surface area contributed by atoms with E-state index in [0.717, 1.165) is 10.0 Å². The molecule has 1 aromatic carbocycles. The first-order chi connectivity index (χ1) is 9.13. The van der Waals surface area contributed by atoms with Crippen LogP contribution in [0.15, 0.2) is 27.2 Å². The van der Waals surface area contributed by atoms with Crippen LogP contribution in [0.3, 0.4) is 0 Å². The third kappa shape index (κ3) is 2.67. The number of nitrogens with zero attached hydrogens (tertiary/aromatic N) is 2. The molecule has 0 amide bonds. The van der Waals surface area contributed by atoms with Crippen LogP contribution in [0.4, 0.5) is 0 Å². The van der Waals surface area contributed by atoms with Crippen LogP contribution in [-0.4, -0.2) is 27.9 Å². The van der Waals surface area contributed by atoms with Crippen LogP contribution in [0.1, 0.15) is 18.4 Å². The van der Waals surface area contributed by atoms with Crippen LogP contribution >= 0.6 is 27.5 Å². The van der Waals surface area contributed by atoms with Gasteiger partial charge in [-0.25, -0.2) is 0 Å². The molecule has 1 aromatic heterocycles. The fraction of sp³-hybridized carbons (Fsp3) is 0.333. The van der Waals surface area contributed by atoms with Crippen molar-refractivity contribution in [2.24, 2.45) is 0 Å². The Morgan fingerprint density at radius 2 is 2.32 bits per heavy atom. The predicted molar refractivity (Wildman–Crippen MR) is 73.8 cm³/mol. The van der Waals surface area contributed by atoms with E-state index >= 15 is 0 Å². The molecule has 3 rings (SSSR count). The molecule has 0 radical (unpaired) electrons. The number of hydrogen-bond acceptors (Lipinski definition) is 5. The predicted octanol–water partition coefficient (Wildman–Crippen LogP) is 2.55. The topological polar surface area (TPSA) is 71.2 Å². The zero-order chi connectivity index (χ0) is 13.4. The van der Waals surface area contributed by atoms with Crippen molar-refractivity contribution in [3.63, 3.8) is 0 Å². The Kier molecular flexibility index (Phi) is 3.58. The van der Waals surface area contributed by atoms with Gasteiger partial charge in [0, 0.05) is 16.6 Å². The van der Waals surface area contributed by atoms with E-state index in [-0.39, 0.29) is 12.1 Å². The second-order valence-electron chi connectivity index (χ2n) is 4.44. The Labute approximate surface area is 123 Å². The number of β-amino-alcohol motifs (C(OH)–C–C–N with tert-alkyl or cyclic N) is 1. The van der Waals surface area contributed by atoms with E-state index in [4.69, 9.17) is 16.1 Å². The summed E-state index contributed by atoms with van der Waals surface area (Å²) < 4.78 is 6.02. The molecule has 1 fully saturated rings. The third-order valence-electron chi connectivity index (χ3n) is 3.03. The molecule has 2 atom stereocenters. The molecule has 2 N–H and O–H groups in total. The van der Waals surface area contributed by atoms with Gasteiger partial charge in [0.05, 0.1) is 17.2 Å². The molecule has 0 bridgehead atoms. The lowest BCUT2D eigenvalue weighted by Gasteiger charge is -2.01. The fourth-order valence-electron chi connectivity index (χ4n) is 2.03. The van der Waals surface area contributed by atoms with Crippen molar-refractivity contribution in [2.45, 2.75) is 18.6 Å². The molecule has 0 aliphatic carbocycles. The minimum atomic E-state index is -0.356. The molecule has 2 heterocycles. The van der Waals surface area contributed by atoms with E-state index in [0.29, 0.717) is 29.7 Å². The molecule has 1 aliphatic rings. The number of aliphatic hydroxyl groups is 1. The van der Waals surface area contributed by atoms with Gasteiger partial charge < -0.3 is 14.9 Å². The van der Waals surface area contributed by atoms with Crippen molar-refractivity contribution in [3.8, 4) is 11.4 Å². The highest BCUT2D eigenvalue weighted by molar-refractivity contribution is 9.10. The van der Waals surface area contributed by atoms with Crippen molar-refractivity contribution in [1.82, 2.24) is 15.5 Å². The lowest BCUT2D eigenvalue weighted by molar-refractivity contribution is 0.191. The average Bonchev–Trinajstić information content (AvgIpc) is 3.01. The molecule has 2 unspecified atom stereocenters. The molecule has 2 aromatic rings. The molecule has 7 heteroatoms. The smallest absolute Gasteiger partial charge is 0.244 e. The molecule has 19 heavy (non-hydrogen) atoms. The van der Waals surface area contributed by atoms with Gasteiger partial charge in [-0.1, -0.05) is 16.8 Å². The average molecular weight is 345 g/mol. The first-order valence-corrected chi connectivity index (χ1v) is 7.01. The summed E-state index contributed by atoms with van der Waals surface area (Å²) >= 11 is 9.30. The Morgan fingerprint density at radius 3 is 3.00 bits per heavy atom. The molecule has 1 aliphatic heterocycles. The molecule has 0 spiro atoms. The zero-order valence-corrected chi connectivity index (χ0v) is 12.1. The zero-order valence-electron chi connectivity index (χ0n) is 9.81. The highest BCUT2D eigenvalue weighted by Gasteiger charge is 2.28. The van der Waals surface area contributed by atoms with Gasteiger partial charge in [0.2, 0.25) is 11.7 Å². The van der Waals surface area contributed by atoms with Crippen LogP contribution in [-0.2, 0) is 0 Å². The number of aliphatic hydroxyl groups excluding tert-OH is 1. The molecule has 0 saturated carbocycles. The Balaban J connectivity index is 1.86.